The van der Waals surface area contributed by atoms with E-state index in [1.165, 1.54) is 4.90 Å². The zero-order chi connectivity index (χ0) is 25.4. The molecule has 0 fully saturated rings. The number of rotatable bonds is 12. The quantitative estimate of drug-likeness (QED) is 0.216. The lowest BCUT2D eigenvalue weighted by Gasteiger charge is -2.39. The molecular formula is C23H35N5O5S. The predicted molar refractivity (Wildman–Crippen MR) is 131 cm³/mol. The van der Waals surface area contributed by atoms with Crippen LogP contribution in [0.3, 0.4) is 0 Å². The molecule has 4 atom stereocenters. The molecule has 1 aliphatic rings. The van der Waals surface area contributed by atoms with Crippen LogP contribution in [-0.2, 0) is 32.1 Å². The van der Waals surface area contributed by atoms with E-state index in [1.54, 1.807) is 0 Å². The molecule has 1 heterocycles. The second-order valence-electron chi connectivity index (χ2n) is 8.93. The van der Waals surface area contributed by atoms with E-state index in [0.29, 0.717) is 12.3 Å². The molecule has 0 aliphatic carbocycles. The summed E-state index contributed by atoms with van der Waals surface area (Å²) in [5, 5.41) is 15.2. The van der Waals surface area contributed by atoms with Gasteiger partial charge in [-0.25, -0.2) is 4.79 Å². The Bertz CT molecular complexity index is 896. The maximum absolute atomic E-state index is 13.6. The number of thiol groups is 1. The smallest absolute Gasteiger partial charge is 0.326 e. The average molecular weight is 494 g/mol. The third-order valence-corrected chi connectivity index (χ3v) is 6.36. The molecule has 1 aliphatic heterocycles. The fourth-order valence-corrected chi connectivity index (χ4v) is 4.06. The third kappa shape index (κ3) is 7.44. The van der Waals surface area contributed by atoms with Crippen molar-refractivity contribution in [2.75, 3.05) is 12.3 Å². The van der Waals surface area contributed by atoms with Gasteiger partial charge in [-0.15, -0.1) is 0 Å². The summed E-state index contributed by atoms with van der Waals surface area (Å²) >= 11 is 4.18. The summed E-state index contributed by atoms with van der Waals surface area (Å²) in [5.74, 6) is -2.41. The number of aliphatic carboxylic acids is 1. The summed E-state index contributed by atoms with van der Waals surface area (Å²) in [5.41, 5.74) is 12.9. The molecule has 11 heteroatoms. The van der Waals surface area contributed by atoms with Crippen molar-refractivity contribution in [3.8, 4) is 0 Å². The van der Waals surface area contributed by atoms with E-state index in [-0.39, 0.29) is 43.7 Å². The lowest BCUT2D eigenvalue weighted by Crippen LogP contribution is -2.60. The Morgan fingerprint density at radius 1 is 1.21 bits per heavy atom. The molecule has 0 spiro atoms. The first kappa shape index (κ1) is 27.6. The Balaban J connectivity index is 2.30. The molecule has 0 saturated carbocycles. The normalized spacial score (nSPS) is 18.0. The first-order valence-corrected chi connectivity index (χ1v) is 12.0. The summed E-state index contributed by atoms with van der Waals surface area (Å²) in [7, 11) is 0. The first-order valence-electron chi connectivity index (χ1n) is 11.3. The minimum absolute atomic E-state index is 0.0807. The highest BCUT2D eigenvalue weighted by atomic mass is 32.1. The van der Waals surface area contributed by atoms with Gasteiger partial charge in [0.25, 0.3) is 0 Å². The highest BCUT2D eigenvalue weighted by Crippen LogP contribution is 2.25. The van der Waals surface area contributed by atoms with Crippen molar-refractivity contribution in [2.45, 2.75) is 63.8 Å². The maximum Gasteiger partial charge on any atom is 0.326 e. The van der Waals surface area contributed by atoms with Crippen LogP contribution in [0.1, 0.15) is 37.8 Å². The summed E-state index contributed by atoms with van der Waals surface area (Å²) < 4.78 is 0. The van der Waals surface area contributed by atoms with Gasteiger partial charge in [0.15, 0.2) is 0 Å². The Labute approximate surface area is 205 Å². The van der Waals surface area contributed by atoms with E-state index in [4.69, 9.17) is 11.5 Å². The van der Waals surface area contributed by atoms with E-state index >= 15 is 0 Å². The molecule has 1 aromatic rings. The number of nitrogens with two attached hydrogens (primary N) is 2. The van der Waals surface area contributed by atoms with Crippen LogP contribution >= 0.6 is 12.6 Å². The van der Waals surface area contributed by atoms with Crippen LogP contribution in [0, 0.1) is 5.92 Å². The predicted octanol–water partition coefficient (Wildman–Crippen LogP) is -0.354. The van der Waals surface area contributed by atoms with Crippen molar-refractivity contribution in [1.29, 1.82) is 0 Å². The number of amides is 3. The number of hydrogen-bond donors (Lipinski definition) is 6. The molecule has 0 saturated heterocycles. The van der Waals surface area contributed by atoms with E-state index in [1.807, 2.05) is 38.1 Å². The zero-order valence-electron chi connectivity index (χ0n) is 19.6. The van der Waals surface area contributed by atoms with Gasteiger partial charge < -0.3 is 32.1 Å². The van der Waals surface area contributed by atoms with Gasteiger partial charge in [0.05, 0.1) is 6.04 Å². The summed E-state index contributed by atoms with van der Waals surface area (Å²) in [4.78, 5) is 51.1. The number of fused-ring (bicyclic) bond motifs is 1. The molecule has 7 N–H and O–H groups in total. The molecule has 3 amide bonds. The number of primary amides is 1. The molecule has 0 aromatic heterocycles. The number of hydrogen-bond acceptors (Lipinski definition) is 7. The summed E-state index contributed by atoms with van der Waals surface area (Å²) in [6.07, 6.45) is -0.0690. The standard InChI is InChI=1S/C23H35N5O5S/c1-13(2)20(26-10-16(24)12-34)22(31)28-11-15-6-4-3-5-14(15)9-18(28)21(30)27-17(23(32)33)7-8-19(25)29/h3-6,13,16-18,20,26,34H,7-12,24H2,1-2H3,(H2,25,29)(H,27,30)(H,32,33)/t16-,17-,18+,20+/m1/s1. The lowest BCUT2D eigenvalue weighted by atomic mass is 9.91. The number of nitrogens with one attached hydrogen (secondary N) is 2. The van der Waals surface area contributed by atoms with Gasteiger partial charge >= 0.3 is 5.97 Å². The highest BCUT2D eigenvalue weighted by molar-refractivity contribution is 7.80. The fraction of sp³-hybridized carbons (Fsp3) is 0.565. The highest BCUT2D eigenvalue weighted by Gasteiger charge is 2.39. The molecule has 0 unspecified atom stereocenters. The third-order valence-electron chi connectivity index (χ3n) is 5.90. The van der Waals surface area contributed by atoms with Crippen molar-refractivity contribution in [3.63, 3.8) is 0 Å². The topological polar surface area (TPSA) is 168 Å². The second-order valence-corrected chi connectivity index (χ2v) is 9.30. The van der Waals surface area contributed by atoms with Gasteiger partial charge in [0.2, 0.25) is 17.7 Å². The molecule has 1 aromatic carbocycles. The molecule has 2 rings (SSSR count). The van der Waals surface area contributed by atoms with Gasteiger partial charge in [-0.3, -0.25) is 14.4 Å². The van der Waals surface area contributed by atoms with Crippen molar-refractivity contribution in [1.82, 2.24) is 15.5 Å². The van der Waals surface area contributed by atoms with E-state index in [2.05, 4.69) is 23.3 Å². The molecule has 10 nitrogen and oxygen atoms in total. The van der Waals surface area contributed by atoms with Crippen molar-refractivity contribution in [2.24, 2.45) is 17.4 Å². The minimum Gasteiger partial charge on any atom is -0.480 e. The lowest BCUT2D eigenvalue weighted by molar-refractivity contribution is -0.147. The second kappa shape index (κ2) is 12.7. The summed E-state index contributed by atoms with van der Waals surface area (Å²) in [6.45, 7) is 4.40. The molecule has 0 bridgehead atoms. The summed E-state index contributed by atoms with van der Waals surface area (Å²) in [6, 6.07) is 4.51. The largest absolute Gasteiger partial charge is 0.480 e. The van der Waals surface area contributed by atoms with Crippen molar-refractivity contribution in [3.05, 3.63) is 35.4 Å². The van der Waals surface area contributed by atoms with E-state index in [9.17, 15) is 24.3 Å². The van der Waals surface area contributed by atoms with Gasteiger partial charge in [-0.1, -0.05) is 38.1 Å². The van der Waals surface area contributed by atoms with Crippen LogP contribution < -0.4 is 22.1 Å². The number of carbonyl (C=O) groups is 4. The van der Waals surface area contributed by atoms with Crippen LogP contribution in [0.15, 0.2) is 24.3 Å². The SMILES string of the molecule is CC(C)[C@H](NC[C@@H](N)CS)C(=O)N1Cc2ccccc2C[C@H]1C(=O)N[C@H](CCC(N)=O)C(=O)O. The fourth-order valence-electron chi connectivity index (χ4n) is 3.93. The van der Waals surface area contributed by atoms with Crippen LogP contribution in [0.4, 0.5) is 0 Å². The van der Waals surface area contributed by atoms with Crippen LogP contribution in [0.2, 0.25) is 0 Å². The van der Waals surface area contributed by atoms with E-state index < -0.39 is 35.9 Å². The monoisotopic (exact) mass is 493 g/mol. The van der Waals surface area contributed by atoms with Crippen molar-refractivity contribution >= 4 is 36.3 Å². The number of benzene rings is 1. The Morgan fingerprint density at radius 3 is 2.41 bits per heavy atom. The average Bonchev–Trinajstić information content (AvgIpc) is 2.79. The Morgan fingerprint density at radius 2 is 1.85 bits per heavy atom. The molecule has 188 valence electrons. The molecule has 0 radical (unpaired) electrons. The van der Waals surface area contributed by atoms with Crippen molar-refractivity contribution < 1.29 is 24.3 Å². The van der Waals surface area contributed by atoms with Crippen LogP contribution in [-0.4, -0.2) is 70.2 Å². The van der Waals surface area contributed by atoms with E-state index in [0.717, 1.165) is 11.1 Å². The molecular weight excluding hydrogens is 458 g/mol. The Hall–Kier alpha value is -2.63. The number of carboxylic acid groups (broad SMARTS) is 1. The van der Waals surface area contributed by atoms with Crippen LogP contribution in [0.25, 0.3) is 0 Å². The number of carbonyl (C=O) groups excluding carboxylic acids is 3. The van der Waals surface area contributed by atoms with Gasteiger partial charge in [-0.05, 0) is 23.5 Å². The minimum atomic E-state index is -1.29. The van der Waals surface area contributed by atoms with Gasteiger partial charge in [-0.2, -0.15) is 12.6 Å². The molecule has 34 heavy (non-hydrogen) atoms. The number of nitrogens with zero attached hydrogens (tertiary/aromatic N) is 1. The Kier molecular flexibility index (Phi) is 10.3. The maximum atomic E-state index is 13.6. The van der Waals surface area contributed by atoms with Gasteiger partial charge in [0, 0.05) is 37.7 Å². The first-order chi connectivity index (χ1) is 16.0. The number of carboxylic acids is 1. The van der Waals surface area contributed by atoms with Crippen LogP contribution in [0.5, 0.6) is 0 Å². The van der Waals surface area contributed by atoms with Gasteiger partial charge in [0.1, 0.15) is 12.1 Å². The zero-order valence-corrected chi connectivity index (χ0v) is 20.5.